The Morgan fingerprint density at radius 3 is 2.86 bits per heavy atom. The lowest BCUT2D eigenvalue weighted by Crippen LogP contribution is -2.31. The van der Waals surface area contributed by atoms with Crippen molar-refractivity contribution in [1.29, 1.82) is 0 Å². The number of nitrogen functional groups attached to an aromatic ring is 1. The van der Waals surface area contributed by atoms with Crippen molar-refractivity contribution in [3.63, 3.8) is 0 Å². The number of carbonyl (C=O) groups is 1. The molecule has 1 aliphatic heterocycles. The van der Waals surface area contributed by atoms with Gasteiger partial charge in [0.1, 0.15) is 12.4 Å². The first-order valence-corrected chi connectivity index (χ1v) is 6.98. The molecular weight excluding hydrogens is 268 g/mol. The SMILES string of the molecule is Cc1c(OCC2CCC(=O)N2)nn(-c2ccccc2)c1N. The highest BCUT2D eigenvalue weighted by Gasteiger charge is 2.22. The number of benzene rings is 1. The van der Waals surface area contributed by atoms with E-state index in [4.69, 9.17) is 10.5 Å². The fourth-order valence-corrected chi connectivity index (χ4v) is 2.37. The summed E-state index contributed by atoms with van der Waals surface area (Å²) in [5.74, 6) is 1.15. The summed E-state index contributed by atoms with van der Waals surface area (Å²) in [7, 11) is 0. The molecule has 1 aromatic heterocycles. The molecule has 2 aromatic rings. The third-order valence-electron chi connectivity index (χ3n) is 3.63. The van der Waals surface area contributed by atoms with Gasteiger partial charge in [0.2, 0.25) is 11.8 Å². The smallest absolute Gasteiger partial charge is 0.238 e. The maximum atomic E-state index is 11.2. The predicted octanol–water partition coefficient (Wildman–Crippen LogP) is 1.42. The maximum Gasteiger partial charge on any atom is 0.238 e. The van der Waals surface area contributed by atoms with E-state index in [-0.39, 0.29) is 11.9 Å². The van der Waals surface area contributed by atoms with Gasteiger partial charge in [0.25, 0.3) is 0 Å². The van der Waals surface area contributed by atoms with Gasteiger partial charge in [-0.05, 0) is 25.5 Å². The van der Waals surface area contributed by atoms with Crippen LogP contribution in [-0.2, 0) is 4.79 Å². The lowest BCUT2D eigenvalue weighted by Gasteiger charge is -2.10. The molecule has 1 aromatic carbocycles. The predicted molar refractivity (Wildman–Crippen MR) is 79.4 cm³/mol. The van der Waals surface area contributed by atoms with Crippen LogP contribution in [0.2, 0.25) is 0 Å². The van der Waals surface area contributed by atoms with Crippen LogP contribution in [0.25, 0.3) is 5.69 Å². The summed E-state index contributed by atoms with van der Waals surface area (Å²) in [4.78, 5) is 11.2. The second-order valence-electron chi connectivity index (χ2n) is 5.18. The highest BCUT2D eigenvalue weighted by molar-refractivity contribution is 5.78. The van der Waals surface area contributed by atoms with Crippen LogP contribution in [0.4, 0.5) is 5.82 Å². The summed E-state index contributed by atoms with van der Waals surface area (Å²) < 4.78 is 7.39. The van der Waals surface area contributed by atoms with Crippen LogP contribution in [0.15, 0.2) is 30.3 Å². The Morgan fingerprint density at radius 1 is 1.43 bits per heavy atom. The normalized spacial score (nSPS) is 17.8. The van der Waals surface area contributed by atoms with Crippen LogP contribution >= 0.6 is 0 Å². The van der Waals surface area contributed by atoms with Crippen LogP contribution in [0.3, 0.4) is 0 Å². The standard InChI is InChI=1S/C15H18N4O2/c1-10-14(16)19(12-5-3-2-4-6-12)18-15(10)21-9-11-7-8-13(20)17-11/h2-6,11H,7-9,16H2,1H3,(H,17,20). The van der Waals surface area contributed by atoms with E-state index in [1.54, 1.807) is 4.68 Å². The summed E-state index contributed by atoms with van der Waals surface area (Å²) in [6.07, 6.45) is 1.36. The Balaban J connectivity index is 1.76. The molecule has 0 aliphatic carbocycles. The van der Waals surface area contributed by atoms with Gasteiger partial charge in [-0.3, -0.25) is 4.79 Å². The Kier molecular flexibility index (Phi) is 3.51. The van der Waals surface area contributed by atoms with Crippen LogP contribution in [-0.4, -0.2) is 28.3 Å². The fraction of sp³-hybridized carbons (Fsp3) is 0.333. The topological polar surface area (TPSA) is 82.2 Å². The number of carbonyl (C=O) groups excluding carboxylic acids is 1. The lowest BCUT2D eigenvalue weighted by molar-refractivity contribution is -0.119. The minimum absolute atomic E-state index is 0.0556. The first kappa shape index (κ1) is 13.5. The molecule has 1 atom stereocenters. The minimum atomic E-state index is 0.0556. The zero-order valence-corrected chi connectivity index (χ0v) is 11.9. The number of nitrogens with zero attached hydrogens (tertiary/aromatic N) is 2. The maximum absolute atomic E-state index is 11.2. The van der Waals surface area contributed by atoms with Gasteiger partial charge in [0, 0.05) is 6.42 Å². The lowest BCUT2D eigenvalue weighted by atomic mass is 10.2. The van der Waals surface area contributed by atoms with Gasteiger partial charge in [-0.25, -0.2) is 4.68 Å². The van der Waals surface area contributed by atoms with Gasteiger partial charge in [-0.15, -0.1) is 5.10 Å². The Morgan fingerprint density at radius 2 is 2.19 bits per heavy atom. The van der Waals surface area contributed by atoms with Gasteiger partial charge in [0.05, 0.1) is 17.3 Å². The molecule has 1 amide bonds. The summed E-state index contributed by atoms with van der Waals surface area (Å²) in [5, 5.41) is 7.28. The first-order chi connectivity index (χ1) is 10.1. The van der Waals surface area contributed by atoms with Crippen LogP contribution in [0.5, 0.6) is 5.88 Å². The molecule has 6 nitrogen and oxygen atoms in total. The molecule has 3 rings (SSSR count). The number of hydrogen-bond acceptors (Lipinski definition) is 4. The van der Waals surface area contributed by atoms with Crippen LogP contribution < -0.4 is 15.8 Å². The van der Waals surface area contributed by atoms with E-state index in [1.807, 2.05) is 37.3 Å². The van der Waals surface area contributed by atoms with Crippen molar-refractivity contribution in [1.82, 2.24) is 15.1 Å². The zero-order chi connectivity index (χ0) is 14.8. The Labute approximate surface area is 122 Å². The van der Waals surface area contributed by atoms with Crippen LogP contribution in [0.1, 0.15) is 18.4 Å². The van der Waals surface area contributed by atoms with Gasteiger partial charge < -0.3 is 15.8 Å². The number of nitrogens with two attached hydrogens (primary N) is 1. The molecule has 21 heavy (non-hydrogen) atoms. The van der Waals surface area contributed by atoms with Crippen molar-refractivity contribution >= 4 is 11.7 Å². The number of hydrogen-bond donors (Lipinski definition) is 2. The Hall–Kier alpha value is -2.50. The van der Waals surface area contributed by atoms with Crippen molar-refractivity contribution in [3.05, 3.63) is 35.9 Å². The van der Waals surface area contributed by atoms with E-state index in [0.717, 1.165) is 17.7 Å². The average Bonchev–Trinajstić information content (AvgIpc) is 3.04. The summed E-state index contributed by atoms with van der Waals surface area (Å²) in [6.45, 7) is 2.29. The second kappa shape index (κ2) is 5.47. The van der Waals surface area contributed by atoms with E-state index < -0.39 is 0 Å². The molecule has 0 radical (unpaired) electrons. The van der Waals surface area contributed by atoms with Crippen molar-refractivity contribution in [2.75, 3.05) is 12.3 Å². The van der Waals surface area contributed by atoms with Crippen LogP contribution in [0, 0.1) is 6.92 Å². The monoisotopic (exact) mass is 286 g/mol. The number of ether oxygens (including phenoxy) is 1. The number of anilines is 1. The molecule has 0 bridgehead atoms. The second-order valence-corrected chi connectivity index (χ2v) is 5.18. The summed E-state index contributed by atoms with van der Waals surface area (Å²) in [5.41, 5.74) is 7.79. The summed E-state index contributed by atoms with van der Waals surface area (Å²) in [6, 6.07) is 9.73. The van der Waals surface area contributed by atoms with Gasteiger partial charge in [-0.1, -0.05) is 18.2 Å². The third kappa shape index (κ3) is 2.69. The molecular formula is C15H18N4O2. The molecule has 1 fully saturated rings. The molecule has 3 N–H and O–H groups in total. The van der Waals surface area contributed by atoms with Crippen molar-refractivity contribution in [2.24, 2.45) is 0 Å². The molecule has 6 heteroatoms. The number of amides is 1. The fourth-order valence-electron chi connectivity index (χ4n) is 2.37. The molecule has 1 unspecified atom stereocenters. The molecule has 2 heterocycles. The summed E-state index contributed by atoms with van der Waals surface area (Å²) >= 11 is 0. The van der Waals surface area contributed by atoms with Gasteiger partial charge in [-0.2, -0.15) is 0 Å². The minimum Gasteiger partial charge on any atom is -0.474 e. The van der Waals surface area contributed by atoms with Crippen molar-refractivity contribution < 1.29 is 9.53 Å². The number of para-hydroxylation sites is 1. The van der Waals surface area contributed by atoms with E-state index in [9.17, 15) is 4.79 Å². The Bertz CT molecular complexity index is 651. The third-order valence-corrected chi connectivity index (χ3v) is 3.63. The highest BCUT2D eigenvalue weighted by atomic mass is 16.5. The molecule has 0 spiro atoms. The first-order valence-electron chi connectivity index (χ1n) is 6.98. The molecule has 110 valence electrons. The van der Waals surface area contributed by atoms with E-state index in [0.29, 0.717) is 24.7 Å². The van der Waals surface area contributed by atoms with E-state index >= 15 is 0 Å². The van der Waals surface area contributed by atoms with Gasteiger partial charge >= 0.3 is 0 Å². The number of aromatic nitrogens is 2. The van der Waals surface area contributed by atoms with E-state index in [2.05, 4.69) is 10.4 Å². The van der Waals surface area contributed by atoms with E-state index in [1.165, 1.54) is 0 Å². The molecule has 1 aliphatic rings. The largest absolute Gasteiger partial charge is 0.474 e. The number of rotatable bonds is 4. The average molecular weight is 286 g/mol. The zero-order valence-electron chi connectivity index (χ0n) is 11.9. The quantitative estimate of drug-likeness (QED) is 0.890. The molecule has 1 saturated heterocycles. The number of nitrogens with one attached hydrogen (secondary N) is 1. The van der Waals surface area contributed by atoms with Crippen molar-refractivity contribution in [2.45, 2.75) is 25.8 Å². The van der Waals surface area contributed by atoms with Gasteiger partial charge in [0.15, 0.2) is 0 Å². The molecule has 0 saturated carbocycles. The highest BCUT2D eigenvalue weighted by Crippen LogP contribution is 2.25. The van der Waals surface area contributed by atoms with Crippen molar-refractivity contribution in [3.8, 4) is 11.6 Å².